The summed E-state index contributed by atoms with van der Waals surface area (Å²) in [7, 11) is 0. The number of carboxylic acid groups (broad SMARTS) is 1. The fourth-order valence-electron chi connectivity index (χ4n) is 3.26. The van der Waals surface area contributed by atoms with E-state index in [1.54, 1.807) is 40.9 Å². The molecule has 1 aliphatic rings. The molecule has 138 valence electrons. The van der Waals surface area contributed by atoms with Gasteiger partial charge < -0.3 is 14.3 Å². The van der Waals surface area contributed by atoms with Crippen LogP contribution in [0.15, 0.2) is 47.8 Å². The normalized spacial score (nSPS) is 19.2. The number of benzene rings is 1. The van der Waals surface area contributed by atoms with Gasteiger partial charge in [-0.2, -0.15) is 0 Å². The van der Waals surface area contributed by atoms with Crippen molar-refractivity contribution in [3.63, 3.8) is 0 Å². The van der Waals surface area contributed by atoms with Gasteiger partial charge in [-0.3, -0.25) is 0 Å². The number of aromatic carboxylic acids is 1. The zero-order valence-corrected chi connectivity index (χ0v) is 16.3. The molecule has 0 aliphatic carbocycles. The third-order valence-corrected chi connectivity index (χ3v) is 5.88. The Balaban J connectivity index is 1.73. The number of carbonyl (C=O) groups is 1. The Hall–Kier alpha value is -2.21. The van der Waals surface area contributed by atoms with E-state index in [0.717, 1.165) is 16.6 Å². The van der Waals surface area contributed by atoms with Gasteiger partial charge in [0.2, 0.25) is 0 Å². The number of rotatable bonds is 3. The molecule has 1 atom stereocenters. The van der Waals surface area contributed by atoms with Crippen molar-refractivity contribution in [3.05, 3.63) is 74.5 Å². The lowest BCUT2D eigenvalue weighted by Gasteiger charge is -2.23. The molecule has 1 aromatic carbocycles. The van der Waals surface area contributed by atoms with Crippen LogP contribution in [-0.2, 0) is 10.4 Å². The van der Waals surface area contributed by atoms with Gasteiger partial charge in [0.25, 0.3) is 0 Å². The minimum Gasteiger partial charge on any atom is -0.477 e. The quantitative estimate of drug-likeness (QED) is 0.555. The van der Waals surface area contributed by atoms with Gasteiger partial charge in [-0.15, -0.1) is 0 Å². The summed E-state index contributed by atoms with van der Waals surface area (Å²) < 4.78 is 1.62. The SMILES string of the molecule is CC1(c2cc(Cl)c(Cl)c(Cl)c2)CC(c2ccc(C(=O)O)n3cccc23)=NO1. The summed E-state index contributed by atoms with van der Waals surface area (Å²) >= 11 is 18.3. The Kier molecular flexibility index (Phi) is 4.34. The fourth-order valence-corrected chi connectivity index (χ4v) is 3.85. The zero-order valence-electron chi connectivity index (χ0n) is 14.0. The van der Waals surface area contributed by atoms with Crippen LogP contribution in [0.5, 0.6) is 0 Å². The van der Waals surface area contributed by atoms with Crippen LogP contribution in [0.3, 0.4) is 0 Å². The summed E-state index contributed by atoms with van der Waals surface area (Å²) in [6, 6.07) is 10.4. The molecule has 4 rings (SSSR count). The van der Waals surface area contributed by atoms with E-state index in [2.05, 4.69) is 5.16 Å². The third kappa shape index (κ3) is 2.96. The van der Waals surface area contributed by atoms with E-state index in [1.165, 1.54) is 0 Å². The first kappa shape index (κ1) is 18.2. The molecule has 0 spiro atoms. The number of pyridine rings is 1. The van der Waals surface area contributed by atoms with Gasteiger partial charge in [0.15, 0.2) is 5.60 Å². The largest absolute Gasteiger partial charge is 0.477 e. The summed E-state index contributed by atoms with van der Waals surface area (Å²) in [6.45, 7) is 1.89. The van der Waals surface area contributed by atoms with Crippen LogP contribution in [0.2, 0.25) is 15.1 Å². The number of oxime groups is 1. The second-order valence-electron chi connectivity index (χ2n) is 6.49. The minimum absolute atomic E-state index is 0.178. The Labute approximate surface area is 169 Å². The molecule has 0 radical (unpaired) electrons. The summed E-state index contributed by atoms with van der Waals surface area (Å²) in [6.07, 6.45) is 2.17. The predicted molar refractivity (Wildman–Crippen MR) is 105 cm³/mol. The minimum atomic E-state index is -0.998. The lowest BCUT2D eigenvalue weighted by molar-refractivity contribution is -0.00737. The Morgan fingerprint density at radius 1 is 1.22 bits per heavy atom. The van der Waals surface area contributed by atoms with E-state index in [4.69, 9.17) is 39.6 Å². The highest BCUT2D eigenvalue weighted by molar-refractivity contribution is 6.48. The van der Waals surface area contributed by atoms with E-state index in [1.807, 2.05) is 13.0 Å². The van der Waals surface area contributed by atoms with Crippen LogP contribution < -0.4 is 0 Å². The predicted octanol–water partition coefficient (Wildman–Crippen LogP) is 5.64. The molecule has 27 heavy (non-hydrogen) atoms. The van der Waals surface area contributed by atoms with Crippen LogP contribution in [0.1, 0.15) is 35.0 Å². The smallest absolute Gasteiger partial charge is 0.352 e. The average Bonchev–Trinajstić information content (AvgIpc) is 3.26. The monoisotopic (exact) mass is 422 g/mol. The van der Waals surface area contributed by atoms with E-state index in [-0.39, 0.29) is 5.69 Å². The van der Waals surface area contributed by atoms with E-state index in [9.17, 15) is 9.90 Å². The highest BCUT2D eigenvalue weighted by Crippen LogP contribution is 2.41. The molecule has 5 nitrogen and oxygen atoms in total. The van der Waals surface area contributed by atoms with Gasteiger partial charge in [-0.25, -0.2) is 4.79 Å². The molecular weight excluding hydrogens is 411 g/mol. The van der Waals surface area contributed by atoms with Crippen LogP contribution in [0.4, 0.5) is 0 Å². The van der Waals surface area contributed by atoms with Crippen LogP contribution in [0.25, 0.3) is 5.52 Å². The molecule has 2 aromatic heterocycles. The van der Waals surface area contributed by atoms with Crippen molar-refractivity contribution < 1.29 is 14.7 Å². The first-order valence-electron chi connectivity index (χ1n) is 8.04. The highest BCUT2D eigenvalue weighted by Gasteiger charge is 2.38. The van der Waals surface area contributed by atoms with Gasteiger partial charge in [0.05, 0.1) is 26.3 Å². The van der Waals surface area contributed by atoms with E-state index < -0.39 is 11.6 Å². The van der Waals surface area contributed by atoms with Gasteiger partial charge in [0.1, 0.15) is 5.69 Å². The van der Waals surface area contributed by atoms with Crippen LogP contribution in [-0.4, -0.2) is 21.2 Å². The van der Waals surface area contributed by atoms with Crippen molar-refractivity contribution >= 4 is 52.0 Å². The molecule has 1 N–H and O–H groups in total. The van der Waals surface area contributed by atoms with Crippen LogP contribution in [0, 0.1) is 0 Å². The maximum absolute atomic E-state index is 11.4. The zero-order chi connectivity index (χ0) is 19.3. The van der Waals surface area contributed by atoms with E-state index in [0.29, 0.717) is 27.2 Å². The number of nitrogens with zero attached hydrogens (tertiary/aromatic N) is 2. The Bertz CT molecular complexity index is 1100. The van der Waals surface area contributed by atoms with E-state index >= 15 is 0 Å². The lowest BCUT2D eigenvalue weighted by atomic mass is 9.89. The molecule has 3 aromatic rings. The maximum Gasteiger partial charge on any atom is 0.352 e. The molecule has 0 fully saturated rings. The molecule has 1 unspecified atom stereocenters. The second kappa shape index (κ2) is 6.44. The summed E-state index contributed by atoms with van der Waals surface area (Å²) in [5.74, 6) is -0.998. The molecule has 0 bridgehead atoms. The number of halogens is 3. The van der Waals surface area contributed by atoms with Crippen molar-refractivity contribution in [1.29, 1.82) is 0 Å². The first-order chi connectivity index (χ1) is 12.8. The van der Waals surface area contributed by atoms with Crippen LogP contribution >= 0.6 is 34.8 Å². The molecule has 1 aliphatic heterocycles. The maximum atomic E-state index is 11.4. The molecule has 8 heteroatoms. The molecule has 0 saturated carbocycles. The molecule has 0 saturated heterocycles. The van der Waals surface area contributed by atoms with Gasteiger partial charge in [-0.05, 0) is 43.3 Å². The van der Waals surface area contributed by atoms with Gasteiger partial charge in [-0.1, -0.05) is 40.0 Å². The van der Waals surface area contributed by atoms with Gasteiger partial charge >= 0.3 is 5.97 Å². The number of hydrogen-bond acceptors (Lipinski definition) is 3. The Morgan fingerprint density at radius 2 is 1.93 bits per heavy atom. The number of aromatic nitrogens is 1. The number of carboxylic acids is 1. The van der Waals surface area contributed by atoms with Crippen molar-refractivity contribution in [2.75, 3.05) is 0 Å². The molecule has 3 heterocycles. The lowest BCUT2D eigenvalue weighted by Crippen LogP contribution is -2.22. The second-order valence-corrected chi connectivity index (χ2v) is 7.68. The standard InChI is InChI=1S/C19H13Cl3N2O3/c1-19(10-7-12(20)17(22)13(21)8-10)9-14(23-27-19)11-4-5-16(18(25)26)24-6-2-3-15(11)24/h2-8H,9H2,1H3,(H,25,26). The van der Waals surface area contributed by atoms with Crippen molar-refractivity contribution in [2.24, 2.45) is 5.16 Å². The van der Waals surface area contributed by atoms with Crippen molar-refractivity contribution in [3.8, 4) is 0 Å². The van der Waals surface area contributed by atoms with Gasteiger partial charge in [0, 0.05) is 23.7 Å². The average molecular weight is 424 g/mol. The fraction of sp³-hybridized carbons (Fsp3) is 0.158. The topological polar surface area (TPSA) is 63.3 Å². The molecule has 0 amide bonds. The van der Waals surface area contributed by atoms with Crippen molar-refractivity contribution in [1.82, 2.24) is 4.40 Å². The summed E-state index contributed by atoms with van der Waals surface area (Å²) in [5, 5.41) is 14.6. The third-order valence-electron chi connectivity index (χ3n) is 4.68. The summed E-state index contributed by atoms with van der Waals surface area (Å²) in [5.41, 5.74) is 2.43. The Morgan fingerprint density at radius 3 is 2.59 bits per heavy atom. The summed E-state index contributed by atoms with van der Waals surface area (Å²) in [4.78, 5) is 17.2. The number of fused-ring (bicyclic) bond motifs is 1. The van der Waals surface area contributed by atoms with Crippen molar-refractivity contribution in [2.45, 2.75) is 18.9 Å². The molecular formula is C19H13Cl3N2O3. The highest BCUT2D eigenvalue weighted by atomic mass is 35.5. The number of hydrogen-bond donors (Lipinski definition) is 1. The first-order valence-corrected chi connectivity index (χ1v) is 9.17.